The average Bonchev–Trinajstić information content (AvgIpc) is 2.52. The minimum absolute atomic E-state index is 0.713. The van der Waals surface area contributed by atoms with Crippen LogP contribution in [-0.4, -0.2) is 23.1 Å². The third-order valence-corrected chi connectivity index (χ3v) is 3.26. The van der Waals surface area contributed by atoms with Crippen LogP contribution < -0.4 is 10.1 Å². The van der Waals surface area contributed by atoms with Crippen LogP contribution in [0.25, 0.3) is 0 Å². The molecule has 0 spiro atoms. The van der Waals surface area contributed by atoms with E-state index in [4.69, 9.17) is 4.74 Å². The summed E-state index contributed by atoms with van der Waals surface area (Å²) in [6.45, 7) is 6.53. The largest absolute Gasteiger partial charge is 0.493 e. The molecule has 0 aliphatic heterocycles. The van der Waals surface area contributed by atoms with Crippen molar-refractivity contribution < 1.29 is 4.74 Å². The van der Waals surface area contributed by atoms with E-state index in [1.165, 1.54) is 5.56 Å². The number of aryl methyl sites for hydroxylation is 2. The summed E-state index contributed by atoms with van der Waals surface area (Å²) in [6.07, 6.45) is 7.56. The number of pyridine rings is 2. The van der Waals surface area contributed by atoms with Crippen LogP contribution in [0.4, 0.5) is 0 Å². The predicted molar refractivity (Wildman–Crippen MR) is 84.4 cm³/mol. The van der Waals surface area contributed by atoms with Crippen LogP contribution in [0.5, 0.6) is 5.75 Å². The lowest BCUT2D eigenvalue weighted by molar-refractivity contribution is 0.306. The van der Waals surface area contributed by atoms with Crippen molar-refractivity contribution in [2.45, 2.75) is 33.2 Å². The molecule has 21 heavy (non-hydrogen) atoms. The van der Waals surface area contributed by atoms with Gasteiger partial charge in [0.15, 0.2) is 0 Å². The first-order valence-electron chi connectivity index (χ1n) is 7.47. The molecule has 2 heterocycles. The fourth-order valence-electron chi connectivity index (χ4n) is 2.10. The maximum absolute atomic E-state index is 5.94. The highest BCUT2D eigenvalue weighted by atomic mass is 16.5. The number of hydrogen-bond donors (Lipinski definition) is 1. The zero-order valence-corrected chi connectivity index (χ0v) is 12.8. The second kappa shape index (κ2) is 8.37. The SMILES string of the molecule is CCNCc1cnc(C)cc1OCCCc1ccncc1. The van der Waals surface area contributed by atoms with Crippen LogP contribution in [0, 0.1) is 6.92 Å². The lowest BCUT2D eigenvalue weighted by Gasteiger charge is -2.12. The molecule has 0 amide bonds. The van der Waals surface area contributed by atoms with Gasteiger partial charge in [0, 0.05) is 42.5 Å². The summed E-state index contributed by atoms with van der Waals surface area (Å²) in [7, 11) is 0. The van der Waals surface area contributed by atoms with Crippen LogP contribution in [0.15, 0.2) is 36.8 Å². The van der Waals surface area contributed by atoms with Gasteiger partial charge < -0.3 is 10.1 Å². The molecule has 0 bridgehead atoms. The smallest absolute Gasteiger partial charge is 0.127 e. The summed E-state index contributed by atoms with van der Waals surface area (Å²) in [4.78, 5) is 8.37. The minimum Gasteiger partial charge on any atom is -0.493 e. The second-order valence-corrected chi connectivity index (χ2v) is 5.02. The maximum Gasteiger partial charge on any atom is 0.127 e. The first-order valence-corrected chi connectivity index (χ1v) is 7.47. The number of aromatic nitrogens is 2. The molecule has 0 aliphatic carbocycles. The number of rotatable bonds is 8. The number of nitrogens with one attached hydrogen (secondary N) is 1. The van der Waals surface area contributed by atoms with Gasteiger partial charge in [0.05, 0.1) is 6.61 Å². The summed E-state index contributed by atoms with van der Waals surface area (Å²) < 4.78 is 5.94. The van der Waals surface area contributed by atoms with Gasteiger partial charge in [-0.05, 0) is 44.0 Å². The van der Waals surface area contributed by atoms with E-state index >= 15 is 0 Å². The molecule has 0 fully saturated rings. The molecule has 0 unspecified atom stereocenters. The Hall–Kier alpha value is -1.94. The molecule has 4 heteroatoms. The molecule has 0 aliphatic rings. The molecule has 1 N–H and O–H groups in total. The molecule has 2 aromatic rings. The van der Waals surface area contributed by atoms with E-state index in [2.05, 4.69) is 22.2 Å². The number of ether oxygens (including phenoxy) is 1. The molecule has 2 rings (SSSR count). The van der Waals surface area contributed by atoms with Crippen LogP contribution in [0.1, 0.15) is 30.2 Å². The van der Waals surface area contributed by atoms with E-state index < -0.39 is 0 Å². The Bertz CT molecular complexity index is 543. The van der Waals surface area contributed by atoms with Gasteiger partial charge >= 0.3 is 0 Å². The van der Waals surface area contributed by atoms with E-state index in [9.17, 15) is 0 Å². The molecular formula is C17H23N3O. The highest BCUT2D eigenvalue weighted by Crippen LogP contribution is 2.19. The topological polar surface area (TPSA) is 47.0 Å². The van der Waals surface area contributed by atoms with E-state index in [1.807, 2.05) is 43.7 Å². The van der Waals surface area contributed by atoms with E-state index in [0.717, 1.165) is 42.9 Å². The van der Waals surface area contributed by atoms with Crippen molar-refractivity contribution in [2.75, 3.05) is 13.2 Å². The van der Waals surface area contributed by atoms with Crippen molar-refractivity contribution in [3.05, 3.63) is 53.6 Å². The van der Waals surface area contributed by atoms with Crippen LogP contribution in [-0.2, 0) is 13.0 Å². The van der Waals surface area contributed by atoms with Gasteiger partial charge in [-0.25, -0.2) is 0 Å². The summed E-state index contributed by atoms with van der Waals surface area (Å²) in [5, 5.41) is 3.31. The van der Waals surface area contributed by atoms with Gasteiger partial charge in [0.1, 0.15) is 5.75 Å². The standard InChI is InChI=1S/C17H23N3O/c1-3-18-12-16-13-20-14(2)11-17(16)21-10-4-5-15-6-8-19-9-7-15/h6-9,11,13,18H,3-5,10,12H2,1-2H3. The Morgan fingerprint density at radius 1 is 1.24 bits per heavy atom. The Labute approximate surface area is 126 Å². The quantitative estimate of drug-likeness (QED) is 0.758. The summed E-state index contributed by atoms with van der Waals surface area (Å²) in [6, 6.07) is 6.11. The van der Waals surface area contributed by atoms with Crippen LogP contribution >= 0.6 is 0 Å². The Balaban J connectivity index is 1.85. The summed E-state index contributed by atoms with van der Waals surface area (Å²) in [5.41, 5.74) is 3.40. The number of nitrogens with zero attached hydrogens (tertiary/aromatic N) is 2. The Morgan fingerprint density at radius 3 is 2.81 bits per heavy atom. The molecule has 0 radical (unpaired) electrons. The molecule has 0 atom stereocenters. The van der Waals surface area contributed by atoms with Crippen molar-refractivity contribution in [1.29, 1.82) is 0 Å². The zero-order valence-electron chi connectivity index (χ0n) is 12.8. The molecule has 0 saturated heterocycles. The van der Waals surface area contributed by atoms with Gasteiger partial charge in [-0.1, -0.05) is 6.92 Å². The molecule has 0 saturated carbocycles. The van der Waals surface area contributed by atoms with Gasteiger partial charge in [-0.3, -0.25) is 9.97 Å². The second-order valence-electron chi connectivity index (χ2n) is 5.02. The maximum atomic E-state index is 5.94. The van der Waals surface area contributed by atoms with E-state index in [-0.39, 0.29) is 0 Å². The molecule has 2 aromatic heterocycles. The van der Waals surface area contributed by atoms with Crippen LogP contribution in [0.2, 0.25) is 0 Å². The van der Waals surface area contributed by atoms with Crippen molar-refractivity contribution in [3.8, 4) is 5.75 Å². The van der Waals surface area contributed by atoms with Crippen molar-refractivity contribution in [2.24, 2.45) is 0 Å². The lowest BCUT2D eigenvalue weighted by atomic mass is 10.1. The normalized spacial score (nSPS) is 10.6. The number of hydrogen-bond acceptors (Lipinski definition) is 4. The monoisotopic (exact) mass is 285 g/mol. The van der Waals surface area contributed by atoms with Gasteiger partial charge in [-0.15, -0.1) is 0 Å². The summed E-state index contributed by atoms with van der Waals surface area (Å²) in [5.74, 6) is 0.943. The van der Waals surface area contributed by atoms with E-state index in [0.29, 0.717) is 6.61 Å². The van der Waals surface area contributed by atoms with Crippen molar-refractivity contribution in [1.82, 2.24) is 15.3 Å². The van der Waals surface area contributed by atoms with Gasteiger partial charge in [-0.2, -0.15) is 0 Å². The van der Waals surface area contributed by atoms with Crippen molar-refractivity contribution >= 4 is 0 Å². The zero-order chi connectivity index (χ0) is 14.9. The van der Waals surface area contributed by atoms with E-state index in [1.54, 1.807) is 0 Å². The molecule has 112 valence electrons. The average molecular weight is 285 g/mol. The summed E-state index contributed by atoms with van der Waals surface area (Å²) >= 11 is 0. The minimum atomic E-state index is 0.713. The first-order chi connectivity index (χ1) is 10.3. The fourth-order valence-corrected chi connectivity index (χ4v) is 2.10. The predicted octanol–water partition coefficient (Wildman–Crippen LogP) is 2.91. The van der Waals surface area contributed by atoms with Crippen LogP contribution in [0.3, 0.4) is 0 Å². The highest BCUT2D eigenvalue weighted by Gasteiger charge is 2.05. The fraction of sp³-hybridized carbons (Fsp3) is 0.412. The molecular weight excluding hydrogens is 262 g/mol. The third-order valence-electron chi connectivity index (χ3n) is 3.26. The Kier molecular flexibility index (Phi) is 6.16. The molecule has 4 nitrogen and oxygen atoms in total. The highest BCUT2D eigenvalue weighted by molar-refractivity contribution is 5.32. The lowest BCUT2D eigenvalue weighted by Crippen LogP contribution is -2.13. The van der Waals surface area contributed by atoms with Crippen molar-refractivity contribution in [3.63, 3.8) is 0 Å². The first kappa shape index (κ1) is 15.4. The third kappa shape index (κ3) is 5.16. The van der Waals surface area contributed by atoms with Gasteiger partial charge in [0.25, 0.3) is 0 Å². The Morgan fingerprint density at radius 2 is 2.05 bits per heavy atom. The van der Waals surface area contributed by atoms with Gasteiger partial charge in [0.2, 0.25) is 0 Å². The molecule has 0 aromatic carbocycles.